The predicted octanol–water partition coefficient (Wildman–Crippen LogP) is 3.21. The molecule has 0 radical (unpaired) electrons. The summed E-state index contributed by atoms with van der Waals surface area (Å²) in [5.41, 5.74) is 7.75. The molecule has 0 bridgehead atoms. The third-order valence-corrected chi connectivity index (χ3v) is 4.72. The highest BCUT2D eigenvalue weighted by atomic mass is 16.5. The van der Waals surface area contributed by atoms with Crippen molar-refractivity contribution in [3.05, 3.63) is 60.2 Å². The molecule has 0 fully saturated rings. The van der Waals surface area contributed by atoms with Crippen molar-refractivity contribution in [1.29, 1.82) is 0 Å². The number of nitrogens with zero attached hydrogens (tertiary/aromatic N) is 1. The number of nitrogens with two attached hydrogens (primary N) is 1. The van der Waals surface area contributed by atoms with E-state index in [1.54, 1.807) is 36.1 Å². The lowest BCUT2D eigenvalue weighted by Gasteiger charge is -2.20. The van der Waals surface area contributed by atoms with Gasteiger partial charge in [0.2, 0.25) is 5.91 Å². The third kappa shape index (κ3) is 5.82. The Morgan fingerprint density at radius 1 is 1.07 bits per heavy atom. The van der Waals surface area contributed by atoms with Crippen LogP contribution in [0.4, 0.5) is 5.69 Å². The van der Waals surface area contributed by atoms with E-state index in [9.17, 15) is 9.59 Å². The van der Waals surface area contributed by atoms with Crippen molar-refractivity contribution in [2.45, 2.75) is 26.8 Å². The van der Waals surface area contributed by atoms with Gasteiger partial charge < -0.3 is 20.7 Å². The normalized spacial score (nSPS) is 12.7. The zero-order chi connectivity index (χ0) is 20.5. The van der Waals surface area contributed by atoms with Crippen molar-refractivity contribution in [3.63, 3.8) is 0 Å². The van der Waals surface area contributed by atoms with Crippen molar-refractivity contribution in [2.75, 3.05) is 25.0 Å². The van der Waals surface area contributed by atoms with Crippen LogP contribution in [0.3, 0.4) is 0 Å². The van der Waals surface area contributed by atoms with Gasteiger partial charge in [0.25, 0.3) is 5.91 Å². The first-order valence-electron chi connectivity index (χ1n) is 9.58. The van der Waals surface area contributed by atoms with Crippen molar-refractivity contribution < 1.29 is 14.3 Å². The number of hydrogen-bond donors (Lipinski definition) is 2. The second-order valence-electron chi connectivity index (χ2n) is 6.60. The van der Waals surface area contributed by atoms with E-state index < -0.39 is 12.0 Å². The van der Waals surface area contributed by atoms with Gasteiger partial charge in [0.05, 0.1) is 5.92 Å². The first-order chi connectivity index (χ1) is 13.5. The molecule has 0 aliphatic carbocycles. The van der Waals surface area contributed by atoms with E-state index >= 15 is 0 Å². The van der Waals surface area contributed by atoms with E-state index in [-0.39, 0.29) is 18.4 Å². The van der Waals surface area contributed by atoms with Crippen LogP contribution in [0.1, 0.15) is 32.4 Å². The minimum Gasteiger partial charge on any atom is -0.484 e. The first-order valence-corrected chi connectivity index (χ1v) is 9.58. The number of ether oxygens (including phenoxy) is 1. The number of nitrogens with one attached hydrogen (secondary N) is 1. The smallest absolute Gasteiger partial charge is 0.260 e. The van der Waals surface area contributed by atoms with E-state index in [2.05, 4.69) is 5.32 Å². The summed E-state index contributed by atoms with van der Waals surface area (Å²) < 4.78 is 5.58. The summed E-state index contributed by atoms with van der Waals surface area (Å²) in [6, 6.07) is 16.2. The fourth-order valence-corrected chi connectivity index (χ4v) is 2.86. The van der Waals surface area contributed by atoms with Crippen molar-refractivity contribution in [1.82, 2.24) is 4.90 Å². The molecule has 2 unspecified atom stereocenters. The SMILES string of the molecule is CCN(CC)C(=O)COc1cccc(NC(=O)C(C)C(N)c2ccccc2)c1. The van der Waals surface area contributed by atoms with E-state index in [1.807, 2.05) is 44.2 Å². The van der Waals surface area contributed by atoms with E-state index in [0.717, 1.165) is 5.56 Å². The minimum absolute atomic E-state index is 0.0334. The Morgan fingerprint density at radius 2 is 1.75 bits per heavy atom. The van der Waals surface area contributed by atoms with Gasteiger partial charge in [-0.3, -0.25) is 9.59 Å². The van der Waals surface area contributed by atoms with E-state index in [4.69, 9.17) is 10.5 Å². The Hall–Kier alpha value is -2.86. The standard InChI is InChI=1S/C22H29N3O3/c1-4-25(5-2)20(26)15-28-19-13-9-12-18(14-19)24-22(27)16(3)21(23)17-10-7-6-8-11-17/h6-14,16,21H,4-5,15,23H2,1-3H3,(H,24,27). The molecule has 2 amide bonds. The van der Waals surface area contributed by atoms with Gasteiger partial charge in [0, 0.05) is 30.9 Å². The zero-order valence-corrected chi connectivity index (χ0v) is 16.7. The molecule has 0 aromatic heterocycles. The van der Waals surface area contributed by atoms with E-state index in [1.165, 1.54) is 0 Å². The van der Waals surface area contributed by atoms with Crippen LogP contribution < -0.4 is 15.8 Å². The number of rotatable bonds is 9. The molecule has 6 heteroatoms. The Morgan fingerprint density at radius 3 is 2.39 bits per heavy atom. The number of hydrogen-bond acceptors (Lipinski definition) is 4. The predicted molar refractivity (Wildman–Crippen MR) is 111 cm³/mol. The Bertz CT molecular complexity index is 776. The average Bonchev–Trinajstić information content (AvgIpc) is 2.73. The topological polar surface area (TPSA) is 84.7 Å². The lowest BCUT2D eigenvalue weighted by molar-refractivity contribution is -0.133. The highest BCUT2D eigenvalue weighted by Gasteiger charge is 2.22. The fraction of sp³-hybridized carbons (Fsp3) is 0.364. The molecular formula is C22H29N3O3. The van der Waals surface area contributed by atoms with Gasteiger partial charge in [-0.1, -0.05) is 43.3 Å². The summed E-state index contributed by atoms with van der Waals surface area (Å²) in [4.78, 5) is 26.3. The maximum Gasteiger partial charge on any atom is 0.260 e. The van der Waals surface area contributed by atoms with Crippen molar-refractivity contribution in [2.24, 2.45) is 11.7 Å². The van der Waals surface area contributed by atoms with Gasteiger partial charge in [-0.25, -0.2) is 0 Å². The van der Waals surface area contributed by atoms with Crippen molar-refractivity contribution in [3.8, 4) is 5.75 Å². The van der Waals surface area contributed by atoms with Crippen LogP contribution in [0, 0.1) is 5.92 Å². The molecule has 2 aromatic rings. The molecule has 2 atom stereocenters. The lowest BCUT2D eigenvalue weighted by Crippen LogP contribution is -2.34. The second-order valence-corrected chi connectivity index (χ2v) is 6.60. The molecule has 3 N–H and O–H groups in total. The van der Waals surface area contributed by atoms with Crippen LogP contribution >= 0.6 is 0 Å². The molecule has 0 spiro atoms. The Kier molecular flexibility index (Phi) is 8.02. The number of benzene rings is 2. The number of likely N-dealkylation sites (N-methyl/N-ethyl adjacent to an activating group) is 1. The third-order valence-electron chi connectivity index (χ3n) is 4.72. The quantitative estimate of drug-likeness (QED) is 0.696. The minimum atomic E-state index is -0.406. The van der Waals surface area contributed by atoms with Gasteiger partial charge in [-0.15, -0.1) is 0 Å². The number of carbonyl (C=O) groups is 2. The largest absolute Gasteiger partial charge is 0.484 e. The Balaban J connectivity index is 1.96. The second kappa shape index (κ2) is 10.5. The zero-order valence-electron chi connectivity index (χ0n) is 16.7. The summed E-state index contributed by atoms with van der Waals surface area (Å²) in [6.07, 6.45) is 0. The molecule has 0 aliphatic heterocycles. The number of carbonyl (C=O) groups excluding carboxylic acids is 2. The molecule has 2 aromatic carbocycles. The van der Waals surface area contributed by atoms with Crippen LogP contribution in [-0.2, 0) is 9.59 Å². The molecule has 0 aliphatic rings. The lowest BCUT2D eigenvalue weighted by atomic mass is 9.94. The summed E-state index contributed by atoms with van der Waals surface area (Å²) in [5, 5.41) is 2.87. The maximum atomic E-state index is 12.6. The average molecular weight is 383 g/mol. The molecule has 6 nitrogen and oxygen atoms in total. The van der Waals surface area contributed by atoms with Crippen LogP contribution in [0.5, 0.6) is 5.75 Å². The van der Waals surface area contributed by atoms with E-state index in [0.29, 0.717) is 24.5 Å². The van der Waals surface area contributed by atoms with Gasteiger partial charge in [-0.05, 0) is 31.5 Å². The van der Waals surface area contributed by atoms with Gasteiger partial charge in [0.1, 0.15) is 5.75 Å². The fourth-order valence-electron chi connectivity index (χ4n) is 2.86. The molecular weight excluding hydrogens is 354 g/mol. The van der Waals surface area contributed by atoms with Gasteiger partial charge in [0.15, 0.2) is 6.61 Å². The van der Waals surface area contributed by atoms with Crippen LogP contribution in [0.15, 0.2) is 54.6 Å². The molecule has 2 rings (SSSR count). The number of anilines is 1. The van der Waals surface area contributed by atoms with Gasteiger partial charge in [-0.2, -0.15) is 0 Å². The molecule has 150 valence electrons. The summed E-state index contributed by atoms with van der Waals surface area (Å²) >= 11 is 0. The first kappa shape index (κ1) is 21.4. The Labute approximate surface area is 166 Å². The van der Waals surface area contributed by atoms with Crippen LogP contribution in [0.2, 0.25) is 0 Å². The van der Waals surface area contributed by atoms with Crippen LogP contribution in [0.25, 0.3) is 0 Å². The highest BCUT2D eigenvalue weighted by molar-refractivity contribution is 5.93. The summed E-state index contributed by atoms with van der Waals surface area (Å²) in [7, 11) is 0. The van der Waals surface area contributed by atoms with Crippen LogP contribution in [-0.4, -0.2) is 36.4 Å². The summed E-state index contributed by atoms with van der Waals surface area (Å²) in [5.74, 6) is -0.121. The molecule has 0 saturated heterocycles. The molecule has 0 heterocycles. The highest BCUT2D eigenvalue weighted by Crippen LogP contribution is 2.22. The van der Waals surface area contributed by atoms with Gasteiger partial charge >= 0.3 is 0 Å². The van der Waals surface area contributed by atoms with Crippen molar-refractivity contribution >= 4 is 17.5 Å². The maximum absolute atomic E-state index is 12.6. The molecule has 0 saturated carbocycles. The summed E-state index contributed by atoms with van der Waals surface area (Å²) in [6.45, 7) is 6.92. The monoisotopic (exact) mass is 383 g/mol. The number of amides is 2. The molecule has 28 heavy (non-hydrogen) atoms.